The maximum absolute atomic E-state index is 12.7. The van der Waals surface area contributed by atoms with Gasteiger partial charge in [0.25, 0.3) is 11.8 Å². The summed E-state index contributed by atoms with van der Waals surface area (Å²) in [5.74, 6) is -0.902. The van der Waals surface area contributed by atoms with Crippen LogP contribution in [0.4, 0.5) is 29.5 Å². The van der Waals surface area contributed by atoms with Crippen LogP contribution in [0.25, 0.3) is 0 Å². The van der Waals surface area contributed by atoms with Crippen LogP contribution in [0.3, 0.4) is 0 Å². The Labute approximate surface area is 219 Å². The van der Waals surface area contributed by atoms with Gasteiger partial charge in [0.2, 0.25) is 0 Å². The third kappa shape index (κ3) is 7.21. The van der Waals surface area contributed by atoms with Gasteiger partial charge in [-0.15, -0.1) is 0 Å². The van der Waals surface area contributed by atoms with Crippen molar-refractivity contribution < 1.29 is 27.6 Å². The van der Waals surface area contributed by atoms with Gasteiger partial charge in [0.15, 0.2) is 5.69 Å². The molecule has 0 bridgehead atoms. The molecule has 7 N–H and O–H groups in total. The SMILES string of the molecule is NC(=O)c1nc(Cc2ccc(C(=O)NCCc3c[nH]cn3)cc2)[nH]c1NC(=O)Nc1ccc(C(F)(F)F)cc1. The predicted molar refractivity (Wildman–Crippen MR) is 135 cm³/mol. The van der Waals surface area contributed by atoms with Crippen LogP contribution in [0.5, 0.6) is 0 Å². The van der Waals surface area contributed by atoms with E-state index in [1.807, 2.05) is 0 Å². The lowest BCUT2D eigenvalue weighted by Crippen LogP contribution is -2.25. The number of carbonyl (C=O) groups is 3. The average molecular weight is 541 g/mol. The Morgan fingerprint density at radius 1 is 0.974 bits per heavy atom. The molecule has 11 nitrogen and oxygen atoms in total. The number of aromatic nitrogens is 4. The number of carbonyl (C=O) groups excluding carboxylic acids is 3. The standard InChI is InChI=1S/C25H23F3N8O3/c26-25(27,28)16-5-7-17(8-6-16)33-24(39)36-22-20(21(29)37)34-19(35-22)11-14-1-3-15(4-2-14)23(38)31-10-9-18-12-30-13-32-18/h1-8,12-13H,9-11H2,(H2,29,37)(H,30,32)(H,31,38)(H,34,35)(H2,33,36,39). The molecule has 2 heterocycles. The van der Waals surface area contributed by atoms with Crippen molar-refractivity contribution in [3.05, 3.63) is 95.0 Å². The van der Waals surface area contributed by atoms with Gasteiger partial charge in [-0.1, -0.05) is 12.1 Å². The lowest BCUT2D eigenvalue weighted by molar-refractivity contribution is -0.137. The first-order valence-electron chi connectivity index (χ1n) is 11.6. The molecule has 0 atom stereocenters. The first-order chi connectivity index (χ1) is 18.6. The molecule has 0 saturated carbocycles. The molecule has 4 rings (SSSR count). The van der Waals surface area contributed by atoms with E-state index in [2.05, 4.69) is 35.9 Å². The number of halogens is 3. The highest BCUT2D eigenvalue weighted by atomic mass is 19.4. The van der Waals surface area contributed by atoms with Gasteiger partial charge in [-0.25, -0.2) is 14.8 Å². The number of alkyl halides is 3. The third-order valence-electron chi connectivity index (χ3n) is 5.50. The zero-order valence-corrected chi connectivity index (χ0v) is 20.2. The Morgan fingerprint density at radius 2 is 1.69 bits per heavy atom. The van der Waals surface area contributed by atoms with Gasteiger partial charge in [0.1, 0.15) is 11.6 Å². The number of rotatable bonds is 9. The van der Waals surface area contributed by atoms with Crippen LogP contribution < -0.4 is 21.7 Å². The maximum atomic E-state index is 12.7. The van der Waals surface area contributed by atoms with E-state index in [1.54, 1.807) is 36.8 Å². The predicted octanol–water partition coefficient (Wildman–Crippen LogP) is 3.46. The smallest absolute Gasteiger partial charge is 0.364 e. The molecule has 0 spiro atoms. The topological polar surface area (TPSA) is 171 Å². The minimum atomic E-state index is -4.50. The molecule has 2 aromatic carbocycles. The number of nitrogens with one attached hydrogen (secondary N) is 5. The van der Waals surface area contributed by atoms with E-state index in [0.29, 0.717) is 24.4 Å². The summed E-state index contributed by atoms with van der Waals surface area (Å²) in [6, 6.07) is 9.76. The Morgan fingerprint density at radius 3 is 2.31 bits per heavy atom. The maximum Gasteiger partial charge on any atom is 0.416 e. The van der Waals surface area contributed by atoms with Crippen molar-refractivity contribution in [3.8, 4) is 0 Å². The fraction of sp³-hybridized carbons (Fsp3) is 0.160. The van der Waals surface area contributed by atoms with Crippen LogP contribution in [0, 0.1) is 0 Å². The molecule has 4 amide bonds. The van der Waals surface area contributed by atoms with Crippen molar-refractivity contribution in [3.63, 3.8) is 0 Å². The van der Waals surface area contributed by atoms with Gasteiger partial charge in [-0.05, 0) is 42.0 Å². The quantitative estimate of drug-likeness (QED) is 0.191. The first kappa shape index (κ1) is 26.9. The number of H-pyrrole nitrogens is 2. The molecule has 0 radical (unpaired) electrons. The van der Waals surface area contributed by atoms with Crippen molar-refractivity contribution in [1.82, 2.24) is 25.3 Å². The molecule has 0 fully saturated rings. The molecule has 0 unspecified atom stereocenters. The second-order valence-corrected chi connectivity index (χ2v) is 8.37. The first-order valence-corrected chi connectivity index (χ1v) is 11.6. The number of hydrogen-bond acceptors (Lipinski definition) is 5. The summed E-state index contributed by atoms with van der Waals surface area (Å²) in [5, 5.41) is 7.58. The highest BCUT2D eigenvalue weighted by Crippen LogP contribution is 2.29. The summed E-state index contributed by atoms with van der Waals surface area (Å²) in [6.07, 6.45) is -0.363. The summed E-state index contributed by atoms with van der Waals surface area (Å²) in [6.45, 7) is 0.427. The normalized spacial score (nSPS) is 11.2. The summed E-state index contributed by atoms with van der Waals surface area (Å²) >= 11 is 0. The Kier molecular flexibility index (Phi) is 7.93. The molecular weight excluding hydrogens is 517 g/mol. The Balaban J connectivity index is 1.35. The highest BCUT2D eigenvalue weighted by Gasteiger charge is 2.30. The van der Waals surface area contributed by atoms with Gasteiger partial charge < -0.3 is 26.3 Å². The van der Waals surface area contributed by atoms with Crippen LogP contribution in [0.2, 0.25) is 0 Å². The fourth-order valence-corrected chi connectivity index (χ4v) is 3.59. The minimum absolute atomic E-state index is 0.0742. The van der Waals surface area contributed by atoms with Crippen molar-refractivity contribution >= 4 is 29.4 Å². The van der Waals surface area contributed by atoms with E-state index in [1.165, 1.54) is 0 Å². The number of imidazole rings is 2. The van der Waals surface area contributed by atoms with Crippen LogP contribution in [-0.4, -0.2) is 44.3 Å². The molecule has 2 aromatic heterocycles. The van der Waals surface area contributed by atoms with Crippen LogP contribution in [0.15, 0.2) is 61.1 Å². The minimum Gasteiger partial charge on any atom is -0.364 e. The van der Waals surface area contributed by atoms with Gasteiger partial charge in [-0.3, -0.25) is 14.9 Å². The highest BCUT2D eigenvalue weighted by molar-refractivity contribution is 6.04. The van der Waals surface area contributed by atoms with E-state index < -0.39 is 23.7 Å². The van der Waals surface area contributed by atoms with Gasteiger partial charge in [0.05, 0.1) is 17.6 Å². The molecular formula is C25H23F3N8O3. The Bertz CT molecular complexity index is 1450. The van der Waals surface area contributed by atoms with E-state index >= 15 is 0 Å². The van der Waals surface area contributed by atoms with Crippen LogP contribution in [0.1, 0.15) is 43.5 Å². The monoisotopic (exact) mass is 540 g/mol. The lowest BCUT2D eigenvalue weighted by atomic mass is 10.1. The number of aromatic amines is 2. The number of benzene rings is 2. The van der Waals surface area contributed by atoms with Crippen molar-refractivity contribution in [1.29, 1.82) is 0 Å². The second kappa shape index (κ2) is 11.5. The van der Waals surface area contributed by atoms with E-state index in [-0.39, 0.29) is 29.5 Å². The number of primary amides is 1. The number of hydrogen-bond donors (Lipinski definition) is 6. The van der Waals surface area contributed by atoms with Crippen molar-refractivity contribution in [2.24, 2.45) is 5.73 Å². The molecule has 0 aliphatic rings. The summed E-state index contributed by atoms with van der Waals surface area (Å²) < 4.78 is 38.2. The number of urea groups is 1. The van der Waals surface area contributed by atoms with Crippen molar-refractivity contribution in [2.75, 3.05) is 17.2 Å². The molecule has 0 saturated heterocycles. The van der Waals surface area contributed by atoms with Crippen LogP contribution in [-0.2, 0) is 19.0 Å². The van der Waals surface area contributed by atoms with Gasteiger partial charge in [-0.2, -0.15) is 13.2 Å². The summed E-state index contributed by atoms with van der Waals surface area (Å²) in [5.41, 5.74) is 6.46. The second-order valence-electron chi connectivity index (χ2n) is 8.37. The van der Waals surface area contributed by atoms with Crippen LogP contribution >= 0.6 is 0 Å². The molecule has 4 aromatic rings. The number of anilines is 2. The summed E-state index contributed by atoms with van der Waals surface area (Å²) in [7, 11) is 0. The van der Waals surface area contributed by atoms with Crippen molar-refractivity contribution in [2.45, 2.75) is 19.0 Å². The molecule has 0 aliphatic heterocycles. The molecule has 39 heavy (non-hydrogen) atoms. The van der Waals surface area contributed by atoms with E-state index in [9.17, 15) is 27.6 Å². The largest absolute Gasteiger partial charge is 0.416 e. The Hall–Kier alpha value is -5.14. The van der Waals surface area contributed by atoms with Gasteiger partial charge >= 0.3 is 12.2 Å². The number of amides is 4. The van der Waals surface area contributed by atoms with E-state index in [4.69, 9.17) is 5.73 Å². The number of nitrogens with two attached hydrogens (primary N) is 1. The third-order valence-corrected chi connectivity index (χ3v) is 5.50. The zero-order chi connectivity index (χ0) is 28.0. The van der Waals surface area contributed by atoms with E-state index in [0.717, 1.165) is 35.5 Å². The zero-order valence-electron chi connectivity index (χ0n) is 20.2. The molecule has 0 aliphatic carbocycles. The molecule has 14 heteroatoms. The number of nitrogens with zero attached hydrogens (tertiary/aromatic N) is 2. The summed E-state index contributed by atoms with van der Waals surface area (Å²) in [4.78, 5) is 50.5. The average Bonchev–Trinajstić information content (AvgIpc) is 3.54. The fourth-order valence-electron chi connectivity index (χ4n) is 3.59. The van der Waals surface area contributed by atoms with Gasteiger partial charge in [0, 0.05) is 36.8 Å². The molecule has 202 valence electrons. The lowest BCUT2D eigenvalue weighted by Gasteiger charge is -2.09.